The summed E-state index contributed by atoms with van der Waals surface area (Å²) in [7, 11) is 1.64. The van der Waals surface area contributed by atoms with Crippen LogP contribution in [-0.2, 0) is 4.74 Å². The Kier molecular flexibility index (Phi) is 4.81. The molecule has 0 aliphatic heterocycles. The Bertz CT molecular complexity index is 322. The molecule has 0 aliphatic carbocycles. The third kappa shape index (κ3) is 3.20. The van der Waals surface area contributed by atoms with Gasteiger partial charge in [-0.2, -0.15) is 0 Å². The van der Waals surface area contributed by atoms with Crippen molar-refractivity contribution < 1.29 is 4.74 Å². The van der Waals surface area contributed by atoms with Crippen molar-refractivity contribution >= 4 is 40.8 Å². The number of ether oxygens (including phenoxy) is 1. The molecule has 0 saturated heterocycles. The fourth-order valence-electron chi connectivity index (χ4n) is 0.786. The number of anilines is 1. The highest BCUT2D eigenvalue weighted by molar-refractivity contribution is 7.99. The minimum Gasteiger partial charge on any atom is -0.384 e. The first-order valence-corrected chi connectivity index (χ1v) is 5.62. The lowest BCUT2D eigenvalue weighted by molar-refractivity contribution is 0.218. The van der Waals surface area contributed by atoms with E-state index in [4.69, 9.17) is 33.7 Å². The Balaban J connectivity index is 2.72. The molecule has 1 aromatic heterocycles. The standard InChI is InChI=1S/C8H10Cl2N2OS/c1-13-2-3-14-8-6(10)4-5(9)7(11)12-8/h4H,2-3H2,1H3,(H2,11,12). The third-order valence-electron chi connectivity index (χ3n) is 1.45. The lowest BCUT2D eigenvalue weighted by atomic mass is 10.5. The lowest BCUT2D eigenvalue weighted by Crippen LogP contribution is -1.96. The van der Waals surface area contributed by atoms with Crippen LogP contribution in [0.15, 0.2) is 11.1 Å². The van der Waals surface area contributed by atoms with Gasteiger partial charge >= 0.3 is 0 Å². The molecule has 14 heavy (non-hydrogen) atoms. The Morgan fingerprint density at radius 3 is 2.86 bits per heavy atom. The summed E-state index contributed by atoms with van der Waals surface area (Å²) in [5.74, 6) is 1.08. The molecular weight excluding hydrogens is 243 g/mol. The second-order valence-corrected chi connectivity index (χ2v) is 4.38. The second kappa shape index (κ2) is 5.66. The van der Waals surface area contributed by atoms with Crippen molar-refractivity contribution in [1.82, 2.24) is 4.98 Å². The number of methoxy groups -OCH3 is 1. The number of nitrogens with zero attached hydrogens (tertiary/aromatic N) is 1. The normalized spacial score (nSPS) is 10.5. The van der Waals surface area contributed by atoms with E-state index in [0.29, 0.717) is 27.5 Å². The van der Waals surface area contributed by atoms with Crippen LogP contribution in [0.1, 0.15) is 0 Å². The van der Waals surface area contributed by atoms with Crippen LogP contribution in [0, 0.1) is 0 Å². The van der Waals surface area contributed by atoms with Gasteiger partial charge in [0.15, 0.2) is 0 Å². The Morgan fingerprint density at radius 2 is 2.21 bits per heavy atom. The van der Waals surface area contributed by atoms with Crippen LogP contribution in [0.25, 0.3) is 0 Å². The van der Waals surface area contributed by atoms with E-state index in [1.54, 1.807) is 13.2 Å². The van der Waals surface area contributed by atoms with Crippen molar-refractivity contribution in [2.75, 3.05) is 25.2 Å². The first-order chi connectivity index (χ1) is 6.65. The van der Waals surface area contributed by atoms with Crippen molar-refractivity contribution in [3.8, 4) is 0 Å². The van der Waals surface area contributed by atoms with Gasteiger partial charge in [-0.3, -0.25) is 0 Å². The molecule has 0 saturated carbocycles. The molecule has 2 N–H and O–H groups in total. The Labute approximate surface area is 96.9 Å². The molecule has 3 nitrogen and oxygen atoms in total. The van der Waals surface area contributed by atoms with E-state index in [9.17, 15) is 0 Å². The summed E-state index contributed by atoms with van der Waals surface area (Å²) in [4.78, 5) is 4.07. The number of halogens is 2. The molecule has 0 amide bonds. The van der Waals surface area contributed by atoms with Gasteiger partial charge in [-0.15, -0.1) is 11.8 Å². The molecule has 0 aliphatic rings. The molecule has 6 heteroatoms. The van der Waals surface area contributed by atoms with Gasteiger partial charge in [-0.05, 0) is 6.07 Å². The summed E-state index contributed by atoms with van der Waals surface area (Å²) >= 11 is 13.1. The molecule has 0 bridgehead atoms. The first-order valence-electron chi connectivity index (χ1n) is 3.88. The highest BCUT2D eigenvalue weighted by Crippen LogP contribution is 2.30. The van der Waals surface area contributed by atoms with Crippen LogP contribution < -0.4 is 5.73 Å². The van der Waals surface area contributed by atoms with E-state index in [1.165, 1.54) is 11.8 Å². The number of hydrogen-bond acceptors (Lipinski definition) is 4. The molecule has 0 atom stereocenters. The summed E-state index contributed by atoms with van der Waals surface area (Å²) < 4.78 is 4.91. The molecule has 1 rings (SSSR count). The van der Waals surface area contributed by atoms with E-state index in [0.717, 1.165) is 5.75 Å². The van der Waals surface area contributed by atoms with Gasteiger partial charge in [0.25, 0.3) is 0 Å². The topological polar surface area (TPSA) is 48.1 Å². The fraction of sp³-hybridized carbons (Fsp3) is 0.375. The lowest BCUT2D eigenvalue weighted by Gasteiger charge is -2.05. The monoisotopic (exact) mass is 252 g/mol. The van der Waals surface area contributed by atoms with E-state index >= 15 is 0 Å². The van der Waals surface area contributed by atoms with Crippen molar-refractivity contribution in [2.45, 2.75) is 5.03 Å². The zero-order chi connectivity index (χ0) is 10.6. The summed E-state index contributed by atoms with van der Waals surface area (Å²) in [6.45, 7) is 0.644. The van der Waals surface area contributed by atoms with E-state index in [2.05, 4.69) is 4.98 Å². The van der Waals surface area contributed by atoms with Gasteiger partial charge in [-0.25, -0.2) is 4.98 Å². The number of hydrogen-bond donors (Lipinski definition) is 1. The summed E-state index contributed by atoms with van der Waals surface area (Å²) in [5.41, 5.74) is 5.55. The van der Waals surface area contributed by atoms with Gasteiger partial charge in [0, 0.05) is 12.9 Å². The van der Waals surface area contributed by atoms with Crippen LogP contribution in [-0.4, -0.2) is 24.5 Å². The molecule has 1 aromatic rings. The predicted molar refractivity (Wildman–Crippen MR) is 61.3 cm³/mol. The average Bonchev–Trinajstić information content (AvgIpc) is 2.14. The summed E-state index contributed by atoms with van der Waals surface area (Å²) in [6.07, 6.45) is 0. The maximum Gasteiger partial charge on any atom is 0.143 e. The second-order valence-electron chi connectivity index (χ2n) is 2.48. The predicted octanol–water partition coefficient (Wildman–Crippen LogP) is 2.71. The zero-order valence-corrected chi connectivity index (χ0v) is 9.92. The highest BCUT2D eigenvalue weighted by Gasteiger charge is 2.07. The quantitative estimate of drug-likeness (QED) is 0.662. The smallest absolute Gasteiger partial charge is 0.143 e. The minimum absolute atomic E-state index is 0.302. The van der Waals surface area contributed by atoms with Gasteiger partial charge in [-0.1, -0.05) is 23.2 Å². The molecule has 78 valence electrons. The molecular formula is C8H10Cl2N2OS. The highest BCUT2D eigenvalue weighted by atomic mass is 35.5. The van der Waals surface area contributed by atoms with Gasteiger partial charge < -0.3 is 10.5 Å². The number of nitrogen functional groups attached to an aromatic ring is 1. The minimum atomic E-state index is 0.302. The first kappa shape index (κ1) is 11.9. The summed E-state index contributed by atoms with van der Waals surface area (Å²) in [6, 6.07) is 1.60. The molecule has 0 spiro atoms. The number of pyridine rings is 1. The molecule has 0 fully saturated rings. The summed E-state index contributed by atoms with van der Waals surface area (Å²) in [5, 5.41) is 1.59. The van der Waals surface area contributed by atoms with Crippen LogP contribution in [0.2, 0.25) is 10.0 Å². The van der Waals surface area contributed by atoms with Gasteiger partial charge in [0.05, 0.1) is 16.7 Å². The van der Waals surface area contributed by atoms with Crippen molar-refractivity contribution in [1.29, 1.82) is 0 Å². The van der Waals surface area contributed by atoms with E-state index in [1.807, 2.05) is 0 Å². The number of rotatable bonds is 4. The number of thioether (sulfide) groups is 1. The largest absolute Gasteiger partial charge is 0.384 e. The van der Waals surface area contributed by atoms with Crippen molar-refractivity contribution in [3.05, 3.63) is 16.1 Å². The van der Waals surface area contributed by atoms with Crippen LogP contribution in [0.5, 0.6) is 0 Å². The zero-order valence-electron chi connectivity index (χ0n) is 7.59. The third-order valence-corrected chi connectivity index (χ3v) is 3.11. The number of aromatic nitrogens is 1. The van der Waals surface area contributed by atoms with Crippen molar-refractivity contribution in [3.63, 3.8) is 0 Å². The van der Waals surface area contributed by atoms with Crippen LogP contribution >= 0.6 is 35.0 Å². The molecule has 1 heterocycles. The SMILES string of the molecule is COCCSc1nc(N)c(Cl)cc1Cl. The maximum absolute atomic E-state index is 5.92. The maximum atomic E-state index is 5.92. The van der Waals surface area contributed by atoms with E-state index < -0.39 is 0 Å². The van der Waals surface area contributed by atoms with Crippen LogP contribution in [0.4, 0.5) is 5.82 Å². The average molecular weight is 253 g/mol. The van der Waals surface area contributed by atoms with Gasteiger partial charge in [0.2, 0.25) is 0 Å². The molecule has 0 unspecified atom stereocenters. The van der Waals surface area contributed by atoms with Crippen molar-refractivity contribution in [2.24, 2.45) is 0 Å². The van der Waals surface area contributed by atoms with Gasteiger partial charge in [0.1, 0.15) is 10.8 Å². The van der Waals surface area contributed by atoms with Crippen LogP contribution in [0.3, 0.4) is 0 Å². The Morgan fingerprint density at radius 1 is 1.50 bits per heavy atom. The van der Waals surface area contributed by atoms with E-state index in [-0.39, 0.29) is 0 Å². The molecule has 0 aromatic carbocycles. The Hall–Kier alpha value is -0.160. The number of nitrogens with two attached hydrogens (primary N) is 1. The fourth-order valence-corrected chi connectivity index (χ4v) is 2.11. The molecule has 0 radical (unpaired) electrons.